The van der Waals surface area contributed by atoms with Crippen LogP contribution < -0.4 is 14.4 Å². The molecule has 2 heterocycles. The van der Waals surface area contributed by atoms with E-state index in [9.17, 15) is 8.42 Å². The van der Waals surface area contributed by atoms with E-state index in [4.69, 9.17) is 9.47 Å². The van der Waals surface area contributed by atoms with Crippen molar-refractivity contribution >= 4 is 10.0 Å². The molecule has 4 rings (SSSR count). The molecule has 28 heavy (non-hydrogen) atoms. The van der Waals surface area contributed by atoms with Crippen LogP contribution in [0.5, 0.6) is 11.5 Å². The molecule has 7 heteroatoms. The molecular formula is C21H27N2O4S+. The van der Waals surface area contributed by atoms with E-state index in [1.54, 1.807) is 22.5 Å². The maximum Gasteiger partial charge on any atom is 0.243 e. The summed E-state index contributed by atoms with van der Waals surface area (Å²) in [6.07, 6.45) is 0.793. The zero-order valence-electron chi connectivity index (χ0n) is 16.1. The van der Waals surface area contributed by atoms with Gasteiger partial charge in [-0.05, 0) is 19.1 Å². The Hall–Kier alpha value is -2.09. The number of benzene rings is 2. The molecule has 2 aliphatic heterocycles. The third kappa shape index (κ3) is 3.87. The summed E-state index contributed by atoms with van der Waals surface area (Å²) in [5, 5.41) is 0. The molecule has 0 aliphatic carbocycles. The highest BCUT2D eigenvalue weighted by molar-refractivity contribution is 7.89. The molecule has 0 aromatic heterocycles. The lowest BCUT2D eigenvalue weighted by Crippen LogP contribution is -3.14. The number of fused-ring (bicyclic) bond motifs is 1. The summed E-state index contributed by atoms with van der Waals surface area (Å²) in [4.78, 5) is 1.69. The normalized spacial score (nSPS) is 19.8. The van der Waals surface area contributed by atoms with Crippen LogP contribution >= 0.6 is 0 Å². The van der Waals surface area contributed by atoms with E-state index in [1.807, 2.05) is 6.07 Å². The third-order valence-electron chi connectivity index (χ3n) is 5.63. The smallest absolute Gasteiger partial charge is 0.243 e. The first-order valence-electron chi connectivity index (χ1n) is 9.85. The lowest BCUT2D eigenvalue weighted by molar-refractivity contribution is -0.933. The van der Waals surface area contributed by atoms with Crippen LogP contribution in [0.1, 0.15) is 24.9 Å². The van der Waals surface area contributed by atoms with Crippen molar-refractivity contribution < 1.29 is 22.8 Å². The largest absolute Gasteiger partial charge is 0.490 e. The van der Waals surface area contributed by atoms with Gasteiger partial charge in [0.15, 0.2) is 11.5 Å². The average molecular weight is 404 g/mol. The molecule has 6 nitrogen and oxygen atoms in total. The van der Waals surface area contributed by atoms with Crippen molar-refractivity contribution in [3.8, 4) is 11.5 Å². The number of nitrogens with zero attached hydrogens (tertiary/aromatic N) is 1. The van der Waals surface area contributed by atoms with Crippen LogP contribution in [0.3, 0.4) is 0 Å². The second kappa shape index (κ2) is 8.11. The Morgan fingerprint density at radius 1 is 0.964 bits per heavy atom. The van der Waals surface area contributed by atoms with Crippen LogP contribution in [-0.2, 0) is 10.0 Å². The molecule has 1 saturated heterocycles. The fourth-order valence-corrected chi connectivity index (χ4v) is 5.33. The number of rotatable bonds is 4. The third-order valence-corrected chi connectivity index (χ3v) is 7.53. The molecule has 1 atom stereocenters. The number of sulfonamides is 1. The first-order chi connectivity index (χ1) is 13.6. The summed E-state index contributed by atoms with van der Waals surface area (Å²) in [5.74, 6) is 1.13. The Morgan fingerprint density at radius 3 is 2.36 bits per heavy atom. The summed E-state index contributed by atoms with van der Waals surface area (Å²) in [6, 6.07) is 15.7. The van der Waals surface area contributed by atoms with E-state index in [0.717, 1.165) is 19.5 Å². The van der Waals surface area contributed by atoms with Crippen molar-refractivity contribution in [3.63, 3.8) is 0 Å². The van der Waals surface area contributed by atoms with Gasteiger partial charge in [0.05, 0.1) is 44.3 Å². The summed E-state index contributed by atoms with van der Waals surface area (Å²) < 4.78 is 39.1. The minimum atomic E-state index is -3.54. The quantitative estimate of drug-likeness (QED) is 0.841. The summed E-state index contributed by atoms with van der Waals surface area (Å²) in [6.45, 7) is 5.95. The fourth-order valence-electron chi connectivity index (χ4n) is 3.88. The van der Waals surface area contributed by atoms with E-state index >= 15 is 0 Å². The van der Waals surface area contributed by atoms with Crippen LogP contribution in [0.25, 0.3) is 0 Å². The van der Waals surface area contributed by atoms with Gasteiger partial charge >= 0.3 is 0 Å². The van der Waals surface area contributed by atoms with Crippen LogP contribution in [0.15, 0.2) is 53.4 Å². The van der Waals surface area contributed by atoms with Gasteiger partial charge in [-0.25, -0.2) is 8.42 Å². The number of piperazine rings is 1. The van der Waals surface area contributed by atoms with Gasteiger partial charge in [0.2, 0.25) is 10.0 Å². The first-order valence-corrected chi connectivity index (χ1v) is 11.3. The molecule has 2 aromatic carbocycles. The molecule has 0 radical (unpaired) electrons. The van der Waals surface area contributed by atoms with Crippen LogP contribution in [0.4, 0.5) is 0 Å². The highest BCUT2D eigenvalue weighted by Gasteiger charge is 2.33. The van der Waals surface area contributed by atoms with Crippen molar-refractivity contribution in [3.05, 3.63) is 54.1 Å². The Kier molecular flexibility index (Phi) is 5.57. The monoisotopic (exact) mass is 403 g/mol. The Labute approximate surface area is 166 Å². The molecule has 0 saturated carbocycles. The Morgan fingerprint density at radius 2 is 1.64 bits per heavy atom. The standard InChI is InChI=1S/C21H26N2O4S/c1-17(18-6-3-2-4-7-18)22-10-12-23(13-11-22)28(24,25)19-8-9-20-21(16-19)27-15-5-14-26-20/h2-4,6-9,16-17H,5,10-15H2,1H3/p+1/t17-/m1/s1. The van der Waals surface area contributed by atoms with E-state index in [0.29, 0.717) is 43.8 Å². The number of quaternary nitrogens is 1. The van der Waals surface area contributed by atoms with Gasteiger partial charge in [0.25, 0.3) is 0 Å². The molecule has 0 bridgehead atoms. The number of hydrogen-bond donors (Lipinski definition) is 1. The highest BCUT2D eigenvalue weighted by Crippen LogP contribution is 2.32. The number of nitrogens with one attached hydrogen (secondary N) is 1. The predicted molar refractivity (Wildman–Crippen MR) is 106 cm³/mol. The second-order valence-electron chi connectivity index (χ2n) is 7.35. The summed E-state index contributed by atoms with van der Waals surface area (Å²) >= 11 is 0. The average Bonchev–Trinajstić information content (AvgIpc) is 2.99. The number of ether oxygens (including phenoxy) is 2. The van der Waals surface area contributed by atoms with Gasteiger partial charge in [-0.1, -0.05) is 30.3 Å². The number of hydrogen-bond acceptors (Lipinski definition) is 4. The van der Waals surface area contributed by atoms with E-state index in [2.05, 4.69) is 31.2 Å². The van der Waals surface area contributed by atoms with Crippen molar-refractivity contribution in [2.24, 2.45) is 0 Å². The molecule has 0 amide bonds. The van der Waals surface area contributed by atoms with Gasteiger partial charge in [0.1, 0.15) is 6.04 Å². The topological polar surface area (TPSA) is 60.3 Å². The molecule has 0 unspecified atom stereocenters. The van der Waals surface area contributed by atoms with Gasteiger partial charge in [-0.15, -0.1) is 0 Å². The van der Waals surface area contributed by atoms with E-state index < -0.39 is 10.0 Å². The molecule has 150 valence electrons. The van der Waals surface area contributed by atoms with Crippen molar-refractivity contribution in [1.82, 2.24) is 4.31 Å². The van der Waals surface area contributed by atoms with Gasteiger partial charge in [-0.2, -0.15) is 4.31 Å². The predicted octanol–water partition coefficient (Wildman–Crippen LogP) is 1.50. The van der Waals surface area contributed by atoms with Crippen LogP contribution in [-0.4, -0.2) is 52.1 Å². The first kappa shape index (κ1) is 19.2. The maximum atomic E-state index is 13.1. The zero-order chi connectivity index (χ0) is 19.6. The highest BCUT2D eigenvalue weighted by atomic mass is 32.2. The molecule has 2 aliphatic rings. The van der Waals surface area contributed by atoms with E-state index in [-0.39, 0.29) is 4.90 Å². The van der Waals surface area contributed by atoms with Crippen LogP contribution in [0.2, 0.25) is 0 Å². The molecule has 0 spiro atoms. The molecule has 1 N–H and O–H groups in total. The van der Waals surface area contributed by atoms with Crippen molar-refractivity contribution in [1.29, 1.82) is 0 Å². The maximum absolute atomic E-state index is 13.1. The Bertz CT molecular complexity index is 909. The summed E-state index contributed by atoms with van der Waals surface area (Å²) in [5.41, 5.74) is 1.29. The van der Waals surface area contributed by atoms with Gasteiger partial charge < -0.3 is 14.4 Å². The second-order valence-corrected chi connectivity index (χ2v) is 9.29. The lowest BCUT2D eigenvalue weighted by Gasteiger charge is -2.35. The van der Waals surface area contributed by atoms with Crippen molar-refractivity contribution in [2.75, 3.05) is 39.4 Å². The molecule has 1 fully saturated rings. The lowest BCUT2D eigenvalue weighted by atomic mass is 10.1. The van der Waals surface area contributed by atoms with Crippen molar-refractivity contribution in [2.45, 2.75) is 24.3 Å². The molecular weight excluding hydrogens is 376 g/mol. The fraction of sp³-hybridized carbons (Fsp3) is 0.429. The van der Waals surface area contributed by atoms with Gasteiger partial charge in [-0.3, -0.25) is 0 Å². The molecule has 2 aromatic rings. The van der Waals surface area contributed by atoms with E-state index in [1.165, 1.54) is 10.5 Å². The summed E-state index contributed by atoms with van der Waals surface area (Å²) in [7, 11) is -3.54. The minimum absolute atomic E-state index is 0.274. The zero-order valence-corrected chi connectivity index (χ0v) is 17.0. The van der Waals surface area contributed by atoms with Crippen LogP contribution in [0, 0.1) is 0 Å². The minimum Gasteiger partial charge on any atom is -0.490 e. The SMILES string of the molecule is C[C@H](c1ccccc1)[NH+]1CCN(S(=O)(=O)c2ccc3c(c2)OCCCO3)CC1. The van der Waals surface area contributed by atoms with Gasteiger partial charge in [0, 0.05) is 18.1 Å². The Balaban J connectivity index is 1.46.